The summed E-state index contributed by atoms with van der Waals surface area (Å²) in [5.74, 6) is 0.231. The fraction of sp³-hybridized carbons (Fsp3) is 0.211. The van der Waals surface area contributed by atoms with Crippen molar-refractivity contribution in [1.82, 2.24) is 0 Å². The first kappa shape index (κ1) is 18.0. The maximum absolute atomic E-state index is 12.3. The fourth-order valence-corrected chi connectivity index (χ4v) is 2.17. The van der Waals surface area contributed by atoms with Gasteiger partial charge in [-0.05, 0) is 44.2 Å². The lowest BCUT2D eigenvalue weighted by Crippen LogP contribution is -2.30. The Labute approximate surface area is 146 Å². The van der Waals surface area contributed by atoms with Crippen LogP contribution in [0.4, 0.5) is 5.69 Å². The minimum Gasteiger partial charge on any atom is -0.497 e. The monoisotopic (exact) mass is 338 g/mol. The van der Waals surface area contributed by atoms with Crippen LogP contribution in [0.2, 0.25) is 0 Å². The summed E-state index contributed by atoms with van der Waals surface area (Å²) < 4.78 is 10.8. The smallest absolute Gasteiger partial charge is 0.265 e. The molecule has 128 valence electrons. The molecule has 0 aliphatic rings. The average Bonchev–Trinajstić information content (AvgIpc) is 2.61. The number of nitrogens with one attached hydrogen (secondary N) is 1. The second-order valence-corrected chi connectivity index (χ2v) is 5.36. The summed E-state index contributed by atoms with van der Waals surface area (Å²) in [5, 5.41) is 11.6. The minimum absolute atomic E-state index is 0.174. The first-order valence-electron chi connectivity index (χ1n) is 7.61. The van der Waals surface area contributed by atoms with Crippen molar-refractivity contribution in [1.29, 1.82) is 5.26 Å². The van der Waals surface area contributed by atoms with Crippen molar-refractivity contribution in [3.05, 3.63) is 53.6 Å². The van der Waals surface area contributed by atoms with Crippen molar-refractivity contribution < 1.29 is 19.1 Å². The maximum Gasteiger partial charge on any atom is 0.265 e. The van der Waals surface area contributed by atoms with Crippen molar-refractivity contribution >= 4 is 17.4 Å². The Morgan fingerprint density at radius 3 is 2.60 bits per heavy atom. The molecule has 0 radical (unpaired) electrons. The summed E-state index contributed by atoms with van der Waals surface area (Å²) in [7, 11) is 1.50. The number of Topliss-reactive ketones (excluding diaryl/α,β-unsaturated/α-hetero) is 1. The third-order valence-electron chi connectivity index (χ3n) is 3.50. The fourth-order valence-electron chi connectivity index (χ4n) is 2.17. The zero-order valence-corrected chi connectivity index (χ0v) is 14.2. The molecule has 2 rings (SSSR count). The molecule has 0 saturated heterocycles. The van der Waals surface area contributed by atoms with Gasteiger partial charge in [0.05, 0.1) is 24.3 Å². The molecule has 0 saturated carbocycles. The van der Waals surface area contributed by atoms with Crippen LogP contribution < -0.4 is 14.8 Å². The third kappa shape index (κ3) is 4.58. The van der Waals surface area contributed by atoms with Gasteiger partial charge in [0.2, 0.25) is 0 Å². The van der Waals surface area contributed by atoms with Crippen LogP contribution in [0, 0.1) is 11.3 Å². The zero-order valence-electron chi connectivity index (χ0n) is 14.2. The summed E-state index contributed by atoms with van der Waals surface area (Å²) in [6.07, 6.45) is -0.851. The van der Waals surface area contributed by atoms with Crippen molar-refractivity contribution in [2.75, 3.05) is 12.4 Å². The lowest BCUT2D eigenvalue weighted by atomic mass is 10.1. The van der Waals surface area contributed by atoms with Crippen LogP contribution in [0.3, 0.4) is 0 Å². The van der Waals surface area contributed by atoms with Gasteiger partial charge in [-0.1, -0.05) is 6.07 Å². The van der Waals surface area contributed by atoms with Gasteiger partial charge in [-0.3, -0.25) is 9.59 Å². The Morgan fingerprint density at radius 2 is 1.96 bits per heavy atom. The number of hydrogen-bond donors (Lipinski definition) is 1. The number of anilines is 1. The Hall–Kier alpha value is -3.33. The number of methoxy groups -OCH3 is 1. The van der Waals surface area contributed by atoms with Crippen LogP contribution in [0.1, 0.15) is 29.8 Å². The van der Waals surface area contributed by atoms with Gasteiger partial charge in [0, 0.05) is 11.8 Å². The molecule has 1 unspecified atom stereocenters. The van der Waals surface area contributed by atoms with E-state index in [1.165, 1.54) is 14.0 Å². The molecule has 2 aromatic rings. The molecule has 0 aliphatic carbocycles. The summed E-state index contributed by atoms with van der Waals surface area (Å²) in [4.78, 5) is 24.0. The van der Waals surface area contributed by atoms with E-state index in [0.29, 0.717) is 22.6 Å². The van der Waals surface area contributed by atoms with E-state index in [1.54, 1.807) is 49.4 Å². The van der Waals surface area contributed by atoms with E-state index >= 15 is 0 Å². The molecule has 6 heteroatoms. The highest BCUT2D eigenvalue weighted by Crippen LogP contribution is 2.26. The van der Waals surface area contributed by atoms with E-state index in [0.717, 1.165) is 0 Å². The third-order valence-corrected chi connectivity index (χ3v) is 3.50. The first-order valence-corrected chi connectivity index (χ1v) is 7.61. The Morgan fingerprint density at radius 1 is 1.20 bits per heavy atom. The number of ether oxygens (including phenoxy) is 2. The predicted molar refractivity (Wildman–Crippen MR) is 92.9 cm³/mol. The number of amides is 1. The van der Waals surface area contributed by atoms with Gasteiger partial charge < -0.3 is 14.8 Å². The molecule has 0 heterocycles. The summed E-state index contributed by atoms with van der Waals surface area (Å²) in [5.41, 5.74) is 1.31. The molecule has 1 atom stereocenters. The zero-order chi connectivity index (χ0) is 18.4. The molecule has 1 N–H and O–H groups in total. The minimum atomic E-state index is -0.851. The molecule has 1 amide bonds. The quantitative estimate of drug-likeness (QED) is 0.817. The van der Waals surface area contributed by atoms with Crippen LogP contribution in [0.15, 0.2) is 42.5 Å². The summed E-state index contributed by atoms with van der Waals surface area (Å²) in [6.45, 7) is 3.00. The van der Waals surface area contributed by atoms with Crippen LogP contribution in [0.5, 0.6) is 11.5 Å². The summed E-state index contributed by atoms with van der Waals surface area (Å²) >= 11 is 0. The van der Waals surface area contributed by atoms with Gasteiger partial charge in [-0.15, -0.1) is 0 Å². The van der Waals surface area contributed by atoms with E-state index in [-0.39, 0.29) is 11.5 Å². The maximum atomic E-state index is 12.3. The number of ketones is 1. The molecule has 0 spiro atoms. The average molecular weight is 338 g/mol. The number of nitriles is 1. The standard InChI is InChI=1S/C19H18N2O4/c1-12(22)17-8-7-16(24-3)10-18(17)25-13(2)19(23)21-15-6-4-5-14(9-15)11-20/h4-10,13H,1-3H3,(H,21,23). The van der Waals surface area contributed by atoms with E-state index in [1.807, 2.05) is 6.07 Å². The second-order valence-electron chi connectivity index (χ2n) is 5.36. The molecule has 0 aromatic heterocycles. The molecular weight excluding hydrogens is 320 g/mol. The number of nitrogens with zero attached hydrogens (tertiary/aromatic N) is 1. The van der Waals surface area contributed by atoms with Crippen LogP contribution in [0.25, 0.3) is 0 Å². The van der Waals surface area contributed by atoms with Crippen molar-refractivity contribution in [3.8, 4) is 17.6 Å². The number of hydrogen-bond acceptors (Lipinski definition) is 5. The van der Waals surface area contributed by atoms with Crippen molar-refractivity contribution in [2.24, 2.45) is 0 Å². The van der Waals surface area contributed by atoms with Gasteiger partial charge in [-0.25, -0.2) is 0 Å². The number of carbonyl (C=O) groups is 2. The van der Waals surface area contributed by atoms with Crippen LogP contribution in [-0.4, -0.2) is 24.9 Å². The van der Waals surface area contributed by atoms with Gasteiger partial charge in [-0.2, -0.15) is 5.26 Å². The number of benzene rings is 2. The van der Waals surface area contributed by atoms with Crippen molar-refractivity contribution in [3.63, 3.8) is 0 Å². The topological polar surface area (TPSA) is 88.4 Å². The van der Waals surface area contributed by atoms with Crippen molar-refractivity contribution in [2.45, 2.75) is 20.0 Å². The molecule has 0 fully saturated rings. The van der Waals surface area contributed by atoms with Gasteiger partial charge in [0.15, 0.2) is 11.9 Å². The molecule has 2 aromatic carbocycles. The van der Waals surface area contributed by atoms with E-state index in [2.05, 4.69) is 5.32 Å². The lowest BCUT2D eigenvalue weighted by molar-refractivity contribution is -0.122. The highest BCUT2D eigenvalue weighted by molar-refractivity contribution is 5.98. The van der Waals surface area contributed by atoms with Crippen LogP contribution >= 0.6 is 0 Å². The highest BCUT2D eigenvalue weighted by atomic mass is 16.5. The lowest BCUT2D eigenvalue weighted by Gasteiger charge is -2.17. The van der Waals surface area contributed by atoms with E-state index < -0.39 is 12.0 Å². The summed E-state index contributed by atoms with van der Waals surface area (Å²) in [6, 6.07) is 13.4. The Balaban J connectivity index is 2.15. The van der Waals surface area contributed by atoms with Gasteiger partial charge >= 0.3 is 0 Å². The van der Waals surface area contributed by atoms with E-state index in [9.17, 15) is 9.59 Å². The van der Waals surface area contributed by atoms with E-state index in [4.69, 9.17) is 14.7 Å². The molecule has 6 nitrogen and oxygen atoms in total. The number of rotatable bonds is 6. The Bertz CT molecular complexity index is 840. The largest absolute Gasteiger partial charge is 0.497 e. The van der Waals surface area contributed by atoms with Gasteiger partial charge in [0.1, 0.15) is 11.5 Å². The van der Waals surface area contributed by atoms with Gasteiger partial charge in [0.25, 0.3) is 5.91 Å². The highest BCUT2D eigenvalue weighted by Gasteiger charge is 2.19. The van der Waals surface area contributed by atoms with Crippen LogP contribution in [-0.2, 0) is 4.79 Å². The molecule has 0 bridgehead atoms. The SMILES string of the molecule is COc1ccc(C(C)=O)c(OC(C)C(=O)Nc2cccc(C#N)c2)c1. The predicted octanol–water partition coefficient (Wildman–Crippen LogP) is 3.18. The molecule has 0 aliphatic heterocycles. The normalized spacial score (nSPS) is 11.1. The first-order chi connectivity index (χ1) is 11.9. The number of carbonyl (C=O) groups excluding carboxylic acids is 2. The molecular formula is C19H18N2O4. The second kappa shape index (κ2) is 7.97. The molecule has 25 heavy (non-hydrogen) atoms. The Kier molecular flexibility index (Phi) is 5.75.